The molecule has 2 rings (SSSR count). The summed E-state index contributed by atoms with van der Waals surface area (Å²) in [5.41, 5.74) is 4.72. The van der Waals surface area contributed by atoms with Gasteiger partial charge in [0.25, 0.3) is 0 Å². The maximum atomic E-state index is 12.7. The Kier molecular flexibility index (Phi) is 3.36. The predicted octanol–water partition coefficient (Wildman–Crippen LogP) is 2.92. The summed E-state index contributed by atoms with van der Waals surface area (Å²) in [5, 5.41) is 0. The first-order valence-corrected chi connectivity index (χ1v) is 6.00. The molecule has 18 heavy (non-hydrogen) atoms. The van der Waals surface area contributed by atoms with Gasteiger partial charge in [0.1, 0.15) is 11.6 Å². The lowest BCUT2D eigenvalue weighted by atomic mass is 10.1. The Hall–Kier alpha value is -1.46. The maximum Gasteiger partial charge on any atom is 0.416 e. The SMILES string of the molecule is CCC1CCN(c2cc(C(F)(F)F)cc(N)n2)C1. The Labute approximate surface area is 104 Å². The zero-order chi connectivity index (χ0) is 13.3. The summed E-state index contributed by atoms with van der Waals surface area (Å²) in [7, 11) is 0. The van der Waals surface area contributed by atoms with Crippen molar-refractivity contribution in [3.05, 3.63) is 17.7 Å². The molecule has 0 aliphatic carbocycles. The van der Waals surface area contributed by atoms with Crippen molar-refractivity contribution in [2.75, 3.05) is 23.7 Å². The van der Waals surface area contributed by atoms with Crippen molar-refractivity contribution in [1.29, 1.82) is 0 Å². The van der Waals surface area contributed by atoms with Crippen LogP contribution in [0, 0.1) is 5.92 Å². The molecule has 1 unspecified atom stereocenters. The number of halogens is 3. The topological polar surface area (TPSA) is 42.1 Å². The van der Waals surface area contributed by atoms with Gasteiger partial charge in [0, 0.05) is 13.1 Å². The molecule has 100 valence electrons. The minimum Gasteiger partial charge on any atom is -0.384 e. The van der Waals surface area contributed by atoms with Crippen molar-refractivity contribution in [2.24, 2.45) is 5.92 Å². The molecule has 1 atom stereocenters. The van der Waals surface area contributed by atoms with Crippen molar-refractivity contribution in [2.45, 2.75) is 25.9 Å². The van der Waals surface area contributed by atoms with Crippen LogP contribution in [0.25, 0.3) is 0 Å². The van der Waals surface area contributed by atoms with Gasteiger partial charge in [-0.25, -0.2) is 4.98 Å². The molecular formula is C12H16F3N3. The Morgan fingerprint density at radius 2 is 2.17 bits per heavy atom. The van der Waals surface area contributed by atoms with Crippen LogP contribution < -0.4 is 10.6 Å². The molecule has 0 radical (unpaired) electrons. The Morgan fingerprint density at radius 3 is 2.72 bits per heavy atom. The van der Waals surface area contributed by atoms with Gasteiger partial charge in [-0.05, 0) is 24.5 Å². The second-order valence-electron chi connectivity index (χ2n) is 4.65. The highest BCUT2D eigenvalue weighted by atomic mass is 19.4. The minimum absolute atomic E-state index is 0.0835. The summed E-state index contributed by atoms with van der Waals surface area (Å²) in [6.07, 6.45) is -2.35. The number of nitrogen functional groups attached to an aromatic ring is 1. The van der Waals surface area contributed by atoms with Crippen LogP contribution >= 0.6 is 0 Å². The lowest BCUT2D eigenvalue weighted by Crippen LogP contribution is -2.22. The summed E-state index contributed by atoms with van der Waals surface area (Å²) in [5.74, 6) is 0.778. The molecule has 3 nitrogen and oxygen atoms in total. The average Bonchev–Trinajstić information content (AvgIpc) is 2.75. The first kappa shape index (κ1) is 13.0. The van der Waals surface area contributed by atoms with E-state index < -0.39 is 11.7 Å². The van der Waals surface area contributed by atoms with E-state index in [-0.39, 0.29) is 5.82 Å². The number of alkyl halides is 3. The van der Waals surface area contributed by atoms with Crippen LogP contribution in [-0.2, 0) is 6.18 Å². The molecule has 1 saturated heterocycles. The molecule has 0 saturated carbocycles. The fourth-order valence-electron chi connectivity index (χ4n) is 2.24. The molecule has 0 spiro atoms. The van der Waals surface area contributed by atoms with Crippen LogP contribution in [0.2, 0.25) is 0 Å². The third-order valence-corrected chi connectivity index (χ3v) is 3.35. The molecular weight excluding hydrogens is 243 g/mol. The zero-order valence-corrected chi connectivity index (χ0v) is 10.2. The minimum atomic E-state index is -4.38. The third kappa shape index (κ3) is 2.68. The number of anilines is 2. The molecule has 2 heterocycles. The van der Waals surface area contributed by atoms with E-state index in [0.29, 0.717) is 11.7 Å². The smallest absolute Gasteiger partial charge is 0.384 e. The fourth-order valence-corrected chi connectivity index (χ4v) is 2.24. The number of pyridine rings is 1. The van der Waals surface area contributed by atoms with Crippen molar-refractivity contribution in [3.63, 3.8) is 0 Å². The van der Waals surface area contributed by atoms with E-state index in [1.165, 1.54) is 0 Å². The first-order chi connectivity index (χ1) is 8.40. The summed E-state index contributed by atoms with van der Waals surface area (Å²) in [6, 6.07) is 1.95. The standard InChI is InChI=1S/C12H16F3N3/c1-2-8-3-4-18(7-8)11-6-9(12(13,14)15)5-10(16)17-11/h5-6,8H,2-4,7H2,1H3,(H2,16,17). The quantitative estimate of drug-likeness (QED) is 0.888. The number of nitrogens with zero attached hydrogens (tertiary/aromatic N) is 2. The monoisotopic (exact) mass is 259 g/mol. The Balaban J connectivity index is 2.26. The van der Waals surface area contributed by atoms with Gasteiger partial charge in [0.05, 0.1) is 5.56 Å². The molecule has 0 amide bonds. The van der Waals surface area contributed by atoms with Crippen molar-refractivity contribution < 1.29 is 13.2 Å². The lowest BCUT2D eigenvalue weighted by molar-refractivity contribution is -0.137. The molecule has 0 aromatic carbocycles. The van der Waals surface area contributed by atoms with E-state index in [9.17, 15) is 13.2 Å². The van der Waals surface area contributed by atoms with Crippen molar-refractivity contribution in [1.82, 2.24) is 4.98 Å². The molecule has 2 N–H and O–H groups in total. The van der Waals surface area contributed by atoms with E-state index in [4.69, 9.17) is 5.73 Å². The second kappa shape index (κ2) is 4.66. The van der Waals surface area contributed by atoms with E-state index in [0.717, 1.165) is 38.1 Å². The van der Waals surface area contributed by atoms with Crippen LogP contribution in [0.15, 0.2) is 12.1 Å². The fraction of sp³-hybridized carbons (Fsp3) is 0.583. The van der Waals surface area contributed by atoms with Gasteiger partial charge in [-0.2, -0.15) is 13.2 Å². The number of hydrogen-bond donors (Lipinski definition) is 1. The molecule has 6 heteroatoms. The molecule has 1 aliphatic heterocycles. The van der Waals surface area contributed by atoms with Gasteiger partial charge in [-0.15, -0.1) is 0 Å². The van der Waals surface area contributed by atoms with Gasteiger partial charge in [-0.1, -0.05) is 13.3 Å². The summed E-state index contributed by atoms with van der Waals surface area (Å²) >= 11 is 0. The van der Waals surface area contributed by atoms with Crippen molar-refractivity contribution >= 4 is 11.6 Å². The van der Waals surface area contributed by atoms with Gasteiger partial charge < -0.3 is 10.6 Å². The highest BCUT2D eigenvalue weighted by molar-refractivity contribution is 5.50. The highest BCUT2D eigenvalue weighted by Crippen LogP contribution is 2.33. The first-order valence-electron chi connectivity index (χ1n) is 6.00. The predicted molar refractivity (Wildman–Crippen MR) is 64.3 cm³/mol. The van der Waals surface area contributed by atoms with Gasteiger partial charge in [0.2, 0.25) is 0 Å². The third-order valence-electron chi connectivity index (χ3n) is 3.35. The largest absolute Gasteiger partial charge is 0.416 e. The van der Waals surface area contributed by atoms with Crippen LogP contribution in [0.3, 0.4) is 0 Å². The van der Waals surface area contributed by atoms with Crippen LogP contribution in [0.4, 0.5) is 24.8 Å². The highest BCUT2D eigenvalue weighted by Gasteiger charge is 2.32. The summed E-state index contributed by atoms with van der Waals surface area (Å²) in [4.78, 5) is 5.88. The molecule has 1 aliphatic rings. The van der Waals surface area contributed by atoms with Gasteiger partial charge >= 0.3 is 6.18 Å². The number of nitrogens with two attached hydrogens (primary N) is 1. The summed E-state index contributed by atoms with van der Waals surface area (Å²) < 4.78 is 38.0. The van der Waals surface area contributed by atoms with E-state index in [2.05, 4.69) is 11.9 Å². The second-order valence-corrected chi connectivity index (χ2v) is 4.65. The molecule has 1 aromatic heterocycles. The summed E-state index contributed by atoms with van der Waals surface area (Å²) in [6.45, 7) is 3.58. The lowest BCUT2D eigenvalue weighted by Gasteiger charge is -2.19. The Morgan fingerprint density at radius 1 is 1.44 bits per heavy atom. The number of rotatable bonds is 2. The molecule has 0 bridgehead atoms. The van der Waals surface area contributed by atoms with Crippen LogP contribution in [-0.4, -0.2) is 18.1 Å². The molecule has 1 fully saturated rings. The Bertz CT molecular complexity index is 431. The van der Waals surface area contributed by atoms with Crippen LogP contribution in [0.5, 0.6) is 0 Å². The number of aromatic nitrogens is 1. The average molecular weight is 259 g/mol. The normalized spacial score (nSPS) is 20.4. The van der Waals surface area contributed by atoms with Gasteiger partial charge in [0.15, 0.2) is 0 Å². The van der Waals surface area contributed by atoms with Gasteiger partial charge in [-0.3, -0.25) is 0 Å². The number of hydrogen-bond acceptors (Lipinski definition) is 3. The van der Waals surface area contributed by atoms with E-state index >= 15 is 0 Å². The van der Waals surface area contributed by atoms with Crippen LogP contribution in [0.1, 0.15) is 25.3 Å². The molecule has 1 aromatic rings. The van der Waals surface area contributed by atoms with E-state index in [1.807, 2.05) is 4.90 Å². The van der Waals surface area contributed by atoms with Crippen molar-refractivity contribution in [3.8, 4) is 0 Å². The maximum absolute atomic E-state index is 12.7. The van der Waals surface area contributed by atoms with E-state index in [1.54, 1.807) is 0 Å². The zero-order valence-electron chi connectivity index (χ0n) is 10.2.